The number of hydrogen-bond donors (Lipinski definition) is 1. The van der Waals surface area contributed by atoms with Crippen LogP contribution in [0.5, 0.6) is 0 Å². The molecule has 2 amide bonds. The summed E-state index contributed by atoms with van der Waals surface area (Å²) in [5, 5.41) is 4.10. The predicted molar refractivity (Wildman–Crippen MR) is 126 cm³/mol. The maximum atomic E-state index is 13.3. The SMILES string of the molecule is Cc1cc(C(=O)N2CCC3(CC2)CC3C(=O)NCCC2=CCCCC2)c2ccccc2n1. The fraction of sp³-hybridized carbons (Fsp3) is 0.519. The number of fused-ring (bicyclic) bond motifs is 1. The zero-order chi connectivity index (χ0) is 22.1. The second-order valence-corrected chi connectivity index (χ2v) is 9.89. The molecule has 5 rings (SSSR count). The second kappa shape index (κ2) is 8.68. The van der Waals surface area contributed by atoms with E-state index >= 15 is 0 Å². The number of nitrogens with one attached hydrogen (secondary N) is 1. The van der Waals surface area contributed by atoms with Gasteiger partial charge >= 0.3 is 0 Å². The minimum absolute atomic E-state index is 0.0870. The maximum Gasteiger partial charge on any atom is 0.254 e. The highest BCUT2D eigenvalue weighted by molar-refractivity contribution is 6.06. The third-order valence-corrected chi connectivity index (χ3v) is 7.76. The van der Waals surface area contributed by atoms with Gasteiger partial charge in [0.2, 0.25) is 5.91 Å². The fourth-order valence-electron chi connectivity index (χ4n) is 5.68. The van der Waals surface area contributed by atoms with Crippen LogP contribution in [0, 0.1) is 18.3 Å². The first kappa shape index (κ1) is 21.2. The fourth-order valence-corrected chi connectivity index (χ4v) is 5.68. The van der Waals surface area contributed by atoms with Gasteiger partial charge in [-0.15, -0.1) is 0 Å². The zero-order valence-corrected chi connectivity index (χ0v) is 19.0. The number of pyridine rings is 1. The molecule has 1 aliphatic heterocycles. The van der Waals surface area contributed by atoms with E-state index in [1.165, 1.54) is 31.3 Å². The van der Waals surface area contributed by atoms with Crippen LogP contribution in [0.4, 0.5) is 0 Å². The molecule has 2 heterocycles. The molecule has 2 fully saturated rings. The van der Waals surface area contributed by atoms with Gasteiger partial charge in [-0.05, 0) is 75.8 Å². The number of aryl methyl sites for hydroxylation is 1. The minimum atomic E-state index is 0.0870. The molecule has 5 heteroatoms. The van der Waals surface area contributed by atoms with E-state index in [0.29, 0.717) is 0 Å². The lowest BCUT2D eigenvalue weighted by Gasteiger charge is -2.33. The Bertz CT molecular complexity index is 1070. The molecule has 2 aliphatic carbocycles. The number of piperidine rings is 1. The molecule has 1 unspecified atom stereocenters. The molecule has 5 nitrogen and oxygen atoms in total. The Morgan fingerprint density at radius 2 is 2.00 bits per heavy atom. The van der Waals surface area contributed by atoms with Crippen LogP contribution >= 0.6 is 0 Å². The second-order valence-electron chi connectivity index (χ2n) is 9.89. The number of aromatic nitrogens is 1. The number of likely N-dealkylation sites (tertiary alicyclic amines) is 1. The monoisotopic (exact) mass is 431 g/mol. The maximum absolute atomic E-state index is 13.3. The summed E-state index contributed by atoms with van der Waals surface area (Å²) < 4.78 is 0. The average Bonchev–Trinajstić information content (AvgIpc) is 3.52. The molecule has 1 saturated carbocycles. The van der Waals surface area contributed by atoms with Crippen molar-refractivity contribution >= 4 is 22.7 Å². The molecule has 1 N–H and O–H groups in total. The van der Waals surface area contributed by atoms with E-state index in [0.717, 1.165) is 67.5 Å². The average molecular weight is 432 g/mol. The number of benzene rings is 1. The van der Waals surface area contributed by atoms with E-state index in [1.807, 2.05) is 42.2 Å². The third-order valence-electron chi connectivity index (χ3n) is 7.76. The summed E-state index contributed by atoms with van der Waals surface area (Å²) in [5.41, 5.74) is 4.09. The Hall–Kier alpha value is -2.69. The molecule has 1 saturated heterocycles. The molecule has 1 atom stereocenters. The Balaban J connectivity index is 1.16. The van der Waals surface area contributed by atoms with Crippen LogP contribution in [0.15, 0.2) is 42.0 Å². The highest BCUT2D eigenvalue weighted by atomic mass is 16.2. The molecule has 1 spiro atoms. The molecule has 0 bridgehead atoms. The normalized spacial score (nSPS) is 22.0. The molecule has 1 aromatic carbocycles. The van der Waals surface area contributed by atoms with Gasteiger partial charge in [-0.1, -0.05) is 29.8 Å². The number of nitrogens with zero attached hydrogens (tertiary/aromatic N) is 2. The van der Waals surface area contributed by atoms with Gasteiger partial charge in [0.25, 0.3) is 5.91 Å². The molecule has 0 radical (unpaired) electrons. The van der Waals surface area contributed by atoms with Crippen molar-refractivity contribution in [3.8, 4) is 0 Å². The van der Waals surface area contributed by atoms with E-state index in [4.69, 9.17) is 0 Å². The summed E-state index contributed by atoms with van der Waals surface area (Å²) >= 11 is 0. The van der Waals surface area contributed by atoms with E-state index < -0.39 is 0 Å². The van der Waals surface area contributed by atoms with Crippen molar-refractivity contribution in [3.63, 3.8) is 0 Å². The van der Waals surface area contributed by atoms with Gasteiger partial charge in [0.15, 0.2) is 0 Å². The molecule has 32 heavy (non-hydrogen) atoms. The lowest BCUT2D eigenvalue weighted by atomic mass is 9.90. The van der Waals surface area contributed by atoms with Crippen LogP contribution in [0.25, 0.3) is 10.9 Å². The van der Waals surface area contributed by atoms with E-state index in [9.17, 15) is 9.59 Å². The standard InChI is InChI=1S/C27H33N3O2/c1-19-17-22(21-9-5-6-10-24(21)29-19)26(32)30-15-12-27(13-16-30)18-23(27)25(31)28-14-11-20-7-3-2-4-8-20/h5-7,9-10,17,23H,2-4,8,11-16,18H2,1H3,(H,28,31). The van der Waals surface area contributed by atoms with Crippen molar-refractivity contribution in [1.82, 2.24) is 15.2 Å². The minimum Gasteiger partial charge on any atom is -0.356 e. The molecule has 1 aromatic heterocycles. The number of para-hydroxylation sites is 1. The van der Waals surface area contributed by atoms with Crippen molar-refractivity contribution < 1.29 is 9.59 Å². The smallest absolute Gasteiger partial charge is 0.254 e. The van der Waals surface area contributed by atoms with E-state index in [1.54, 1.807) is 0 Å². The van der Waals surface area contributed by atoms with Gasteiger partial charge in [0, 0.05) is 36.6 Å². The predicted octanol–water partition coefficient (Wildman–Crippen LogP) is 4.79. The van der Waals surface area contributed by atoms with Gasteiger partial charge in [-0.2, -0.15) is 0 Å². The summed E-state index contributed by atoms with van der Waals surface area (Å²) in [6.45, 7) is 4.15. The van der Waals surface area contributed by atoms with Crippen molar-refractivity contribution in [2.45, 2.75) is 58.3 Å². The lowest BCUT2D eigenvalue weighted by Crippen LogP contribution is -2.40. The van der Waals surface area contributed by atoms with Crippen LogP contribution in [0.2, 0.25) is 0 Å². The van der Waals surface area contributed by atoms with Gasteiger partial charge in [-0.25, -0.2) is 0 Å². The van der Waals surface area contributed by atoms with Gasteiger partial charge < -0.3 is 10.2 Å². The first-order valence-corrected chi connectivity index (χ1v) is 12.2. The first-order chi connectivity index (χ1) is 15.6. The first-order valence-electron chi connectivity index (χ1n) is 12.2. The van der Waals surface area contributed by atoms with Gasteiger partial charge in [0.1, 0.15) is 0 Å². The van der Waals surface area contributed by atoms with Crippen LogP contribution in [0.1, 0.15) is 67.4 Å². The highest BCUT2D eigenvalue weighted by Gasteiger charge is 2.58. The highest BCUT2D eigenvalue weighted by Crippen LogP contribution is 2.59. The largest absolute Gasteiger partial charge is 0.356 e. The van der Waals surface area contributed by atoms with Crippen LogP contribution in [-0.4, -0.2) is 41.3 Å². The molecule has 2 aromatic rings. The molecule has 168 valence electrons. The Morgan fingerprint density at radius 1 is 1.19 bits per heavy atom. The summed E-state index contributed by atoms with van der Waals surface area (Å²) in [4.78, 5) is 32.6. The Morgan fingerprint density at radius 3 is 2.78 bits per heavy atom. The van der Waals surface area contributed by atoms with Crippen LogP contribution in [-0.2, 0) is 4.79 Å². The lowest BCUT2D eigenvalue weighted by molar-refractivity contribution is -0.123. The Kier molecular flexibility index (Phi) is 5.75. The Labute approximate surface area is 190 Å². The van der Waals surface area contributed by atoms with Gasteiger partial charge in [-0.3, -0.25) is 14.6 Å². The van der Waals surface area contributed by atoms with E-state index in [2.05, 4.69) is 16.4 Å². The van der Waals surface area contributed by atoms with Crippen molar-refractivity contribution in [2.75, 3.05) is 19.6 Å². The number of carbonyl (C=O) groups is 2. The summed E-state index contributed by atoms with van der Waals surface area (Å²) in [5.74, 6) is 0.435. The van der Waals surface area contributed by atoms with Crippen molar-refractivity contribution in [2.24, 2.45) is 11.3 Å². The van der Waals surface area contributed by atoms with Crippen LogP contribution in [0.3, 0.4) is 0 Å². The van der Waals surface area contributed by atoms with E-state index in [-0.39, 0.29) is 23.1 Å². The number of amides is 2. The quantitative estimate of drug-likeness (QED) is 0.692. The number of allylic oxidation sites excluding steroid dienone is 1. The summed E-state index contributed by atoms with van der Waals surface area (Å²) in [6, 6.07) is 9.76. The van der Waals surface area contributed by atoms with Gasteiger partial charge in [0.05, 0.1) is 11.1 Å². The summed E-state index contributed by atoms with van der Waals surface area (Å²) in [7, 11) is 0. The number of carbonyl (C=O) groups excluding carboxylic acids is 2. The topological polar surface area (TPSA) is 62.3 Å². The van der Waals surface area contributed by atoms with Crippen LogP contribution < -0.4 is 5.32 Å². The molecule has 3 aliphatic rings. The number of hydrogen-bond acceptors (Lipinski definition) is 3. The number of rotatable bonds is 5. The summed E-state index contributed by atoms with van der Waals surface area (Å²) in [6.07, 6.45) is 11.1. The molecular weight excluding hydrogens is 398 g/mol. The van der Waals surface area contributed by atoms with Crippen molar-refractivity contribution in [1.29, 1.82) is 0 Å². The third kappa shape index (κ3) is 4.17. The van der Waals surface area contributed by atoms with Crippen molar-refractivity contribution in [3.05, 3.63) is 53.2 Å². The molecular formula is C27H33N3O2. The zero-order valence-electron chi connectivity index (χ0n) is 19.0.